The Bertz CT molecular complexity index is 543. The minimum atomic E-state index is -0.305. The maximum absolute atomic E-state index is 11.8. The van der Waals surface area contributed by atoms with Gasteiger partial charge in [-0.15, -0.1) is 0 Å². The van der Waals surface area contributed by atoms with Crippen molar-refractivity contribution in [3.05, 3.63) is 35.2 Å². The molecular formula is C12H14N2O2. The van der Waals surface area contributed by atoms with Crippen LogP contribution in [-0.2, 0) is 4.74 Å². The number of aromatic nitrogens is 2. The third-order valence-electron chi connectivity index (χ3n) is 2.50. The molecule has 0 fully saturated rings. The third kappa shape index (κ3) is 1.56. The Morgan fingerprint density at radius 1 is 1.44 bits per heavy atom. The predicted molar refractivity (Wildman–Crippen MR) is 60.6 cm³/mol. The van der Waals surface area contributed by atoms with Crippen molar-refractivity contribution in [3.63, 3.8) is 0 Å². The van der Waals surface area contributed by atoms with E-state index < -0.39 is 0 Å². The molecule has 0 spiro atoms. The first-order valence-corrected chi connectivity index (χ1v) is 5.27. The molecule has 0 saturated carbocycles. The predicted octanol–water partition coefficient (Wildman–Crippen LogP) is 2.13. The monoisotopic (exact) mass is 218 g/mol. The summed E-state index contributed by atoms with van der Waals surface area (Å²) >= 11 is 0. The van der Waals surface area contributed by atoms with Gasteiger partial charge in [-0.1, -0.05) is 6.07 Å². The minimum absolute atomic E-state index is 0.305. The van der Waals surface area contributed by atoms with Crippen molar-refractivity contribution in [2.45, 2.75) is 20.8 Å². The van der Waals surface area contributed by atoms with Crippen molar-refractivity contribution in [1.29, 1.82) is 0 Å². The number of aryl methyl sites for hydroxylation is 2. The Labute approximate surface area is 93.8 Å². The molecule has 0 aliphatic carbocycles. The van der Waals surface area contributed by atoms with Gasteiger partial charge in [0.25, 0.3) is 0 Å². The molecule has 2 rings (SSSR count). The van der Waals surface area contributed by atoms with Crippen LogP contribution in [0.15, 0.2) is 18.2 Å². The SMILES string of the molecule is CCOC(=O)c1c(C)nn2c(C)cccc12. The molecule has 0 atom stereocenters. The molecule has 0 aromatic carbocycles. The van der Waals surface area contributed by atoms with Crippen molar-refractivity contribution in [3.8, 4) is 0 Å². The van der Waals surface area contributed by atoms with Gasteiger partial charge in [-0.05, 0) is 32.9 Å². The Balaban J connectivity index is 2.65. The van der Waals surface area contributed by atoms with Gasteiger partial charge in [-0.3, -0.25) is 0 Å². The fraction of sp³-hybridized carbons (Fsp3) is 0.333. The maximum Gasteiger partial charge on any atom is 0.342 e. The summed E-state index contributed by atoms with van der Waals surface area (Å²) in [5, 5.41) is 4.33. The summed E-state index contributed by atoms with van der Waals surface area (Å²) in [6, 6.07) is 5.74. The summed E-state index contributed by atoms with van der Waals surface area (Å²) in [6.07, 6.45) is 0. The summed E-state index contributed by atoms with van der Waals surface area (Å²) < 4.78 is 6.79. The second-order valence-electron chi connectivity index (χ2n) is 3.65. The van der Waals surface area contributed by atoms with Crippen LogP contribution in [0.2, 0.25) is 0 Å². The molecule has 4 heteroatoms. The van der Waals surface area contributed by atoms with Crippen LogP contribution in [0.1, 0.15) is 28.7 Å². The van der Waals surface area contributed by atoms with Gasteiger partial charge in [0, 0.05) is 5.69 Å². The molecule has 2 aromatic heterocycles. The van der Waals surface area contributed by atoms with Crippen molar-refractivity contribution < 1.29 is 9.53 Å². The second kappa shape index (κ2) is 3.96. The van der Waals surface area contributed by atoms with Gasteiger partial charge in [0.15, 0.2) is 0 Å². The van der Waals surface area contributed by atoms with Gasteiger partial charge < -0.3 is 4.74 Å². The summed E-state index contributed by atoms with van der Waals surface area (Å²) in [5.41, 5.74) is 3.06. The summed E-state index contributed by atoms with van der Waals surface area (Å²) in [4.78, 5) is 11.8. The smallest absolute Gasteiger partial charge is 0.342 e. The molecule has 0 bridgehead atoms. The van der Waals surface area contributed by atoms with Gasteiger partial charge in [-0.2, -0.15) is 5.10 Å². The van der Waals surface area contributed by atoms with E-state index in [4.69, 9.17) is 4.74 Å². The summed E-state index contributed by atoms with van der Waals surface area (Å²) in [7, 11) is 0. The van der Waals surface area contributed by atoms with E-state index in [9.17, 15) is 4.79 Å². The lowest BCUT2D eigenvalue weighted by atomic mass is 10.2. The van der Waals surface area contributed by atoms with Gasteiger partial charge in [-0.25, -0.2) is 9.31 Å². The molecule has 0 saturated heterocycles. The number of fused-ring (bicyclic) bond motifs is 1. The van der Waals surface area contributed by atoms with Crippen LogP contribution >= 0.6 is 0 Å². The molecule has 0 aliphatic heterocycles. The van der Waals surface area contributed by atoms with Crippen LogP contribution in [0.3, 0.4) is 0 Å². The zero-order chi connectivity index (χ0) is 11.7. The highest BCUT2D eigenvalue weighted by Gasteiger charge is 2.18. The van der Waals surface area contributed by atoms with E-state index in [1.54, 1.807) is 11.4 Å². The first-order valence-electron chi connectivity index (χ1n) is 5.27. The van der Waals surface area contributed by atoms with E-state index in [0.29, 0.717) is 17.9 Å². The maximum atomic E-state index is 11.8. The van der Waals surface area contributed by atoms with E-state index >= 15 is 0 Å². The molecule has 0 unspecified atom stereocenters. The highest BCUT2D eigenvalue weighted by Crippen LogP contribution is 2.17. The highest BCUT2D eigenvalue weighted by molar-refractivity contribution is 5.98. The van der Waals surface area contributed by atoms with Crippen LogP contribution in [0.25, 0.3) is 5.52 Å². The normalized spacial score (nSPS) is 10.7. The molecule has 0 amide bonds. The minimum Gasteiger partial charge on any atom is -0.462 e. The van der Waals surface area contributed by atoms with Crippen LogP contribution in [0, 0.1) is 13.8 Å². The lowest BCUT2D eigenvalue weighted by Gasteiger charge is -2.01. The lowest BCUT2D eigenvalue weighted by molar-refractivity contribution is 0.0528. The number of ether oxygens (including phenoxy) is 1. The zero-order valence-corrected chi connectivity index (χ0v) is 9.65. The standard InChI is InChI=1S/C12H14N2O2/c1-4-16-12(15)11-9(3)13-14-8(2)6-5-7-10(11)14/h5-7H,4H2,1-3H3. The topological polar surface area (TPSA) is 43.6 Å². The van der Waals surface area contributed by atoms with Crippen LogP contribution in [0.5, 0.6) is 0 Å². The van der Waals surface area contributed by atoms with Crippen LogP contribution in [0.4, 0.5) is 0 Å². The second-order valence-corrected chi connectivity index (χ2v) is 3.65. The number of pyridine rings is 1. The van der Waals surface area contributed by atoms with Gasteiger partial charge in [0.2, 0.25) is 0 Å². The quantitative estimate of drug-likeness (QED) is 0.725. The van der Waals surface area contributed by atoms with Crippen LogP contribution < -0.4 is 0 Å². The van der Waals surface area contributed by atoms with E-state index in [2.05, 4.69) is 5.10 Å². The van der Waals surface area contributed by atoms with Crippen molar-refractivity contribution in [2.24, 2.45) is 0 Å². The molecule has 84 valence electrons. The largest absolute Gasteiger partial charge is 0.462 e. The Kier molecular flexibility index (Phi) is 2.64. The number of rotatable bonds is 2. The molecule has 2 heterocycles. The number of hydrogen-bond acceptors (Lipinski definition) is 3. The molecule has 4 nitrogen and oxygen atoms in total. The van der Waals surface area contributed by atoms with E-state index in [-0.39, 0.29) is 5.97 Å². The Hall–Kier alpha value is -1.84. The average Bonchev–Trinajstić information content (AvgIpc) is 2.56. The number of hydrogen-bond donors (Lipinski definition) is 0. The molecule has 2 aromatic rings. The molecule has 16 heavy (non-hydrogen) atoms. The number of esters is 1. The average molecular weight is 218 g/mol. The van der Waals surface area contributed by atoms with Gasteiger partial charge in [0.1, 0.15) is 5.56 Å². The Morgan fingerprint density at radius 2 is 2.19 bits per heavy atom. The van der Waals surface area contributed by atoms with Gasteiger partial charge >= 0.3 is 5.97 Å². The number of nitrogens with zero attached hydrogens (tertiary/aromatic N) is 2. The highest BCUT2D eigenvalue weighted by atomic mass is 16.5. The van der Waals surface area contributed by atoms with Crippen LogP contribution in [-0.4, -0.2) is 22.2 Å². The molecule has 0 radical (unpaired) electrons. The van der Waals surface area contributed by atoms with E-state index in [1.165, 1.54) is 0 Å². The van der Waals surface area contributed by atoms with Crippen molar-refractivity contribution >= 4 is 11.5 Å². The van der Waals surface area contributed by atoms with E-state index in [1.807, 2.05) is 32.0 Å². The number of carbonyl (C=O) groups excluding carboxylic acids is 1. The Morgan fingerprint density at radius 3 is 2.88 bits per heavy atom. The zero-order valence-electron chi connectivity index (χ0n) is 9.65. The van der Waals surface area contributed by atoms with Gasteiger partial charge in [0.05, 0.1) is 17.8 Å². The first-order chi connectivity index (χ1) is 7.65. The lowest BCUT2D eigenvalue weighted by Crippen LogP contribution is -2.05. The van der Waals surface area contributed by atoms with E-state index in [0.717, 1.165) is 11.2 Å². The summed E-state index contributed by atoms with van der Waals surface area (Å²) in [5.74, 6) is -0.305. The fourth-order valence-corrected chi connectivity index (χ4v) is 1.77. The van der Waals surface area contributed by atoms with Crippen molar-refractivity contribution in [2.75, 3.05) is 6.61 Å². The summed E-state index contributed by atoms with van der Waals surface area (Å²) in [6.45, 7) is 5.94. The molecular weight excluding hydrogens is 204 g/mol. The molecule has 0 N–H and O–H groups in total. The van der Waals surface area contributed by atoms with Crippen molar-refractivity contribution in [1.82, 2.24) is 9.61 Å². The number of carbonyl (C=O) groups is 1. The third-order valence-corrected chi connectivity index (χ3v) is 2.50. The first kappa shape index (κ1) is 10.7. The fourth-order valence-electron chi connectivity index (χ4n) is 1.77. The molecule has 0 aliphatic rings.